The highest BCUT2D eigenvalue weighted by Gasteiger charge is 2.16. The van der Waals surface area contributed by atoms with Gasteiger partial charge in [0.2, 0.25) is 0 Å². The number of hydrogen-bond acceptors (Lipinski definition) is 4. The number of carbonyl (C=O) groups excluding carboxylic acids is 1. The van der Waals surface area contributed by atoms with E-state index in [1.54, 1.807) is 19.1 Å². The minimum atomic E-state index is -0.521. The molecule has 3 aromatic rings. The van der Waals surface area contributed by atoms with Crippen LogP contribution in [0.3, 0.4) is 0 Å². The summed E-state index contributed by atoms with van der Waals surface area (Å²) in [6.45, 7) is 9.84. The lowest BCUT2D eigenvalue weighted by molar-refractivity contribution is -0.112. The van der Waals surface area contributed by atoms with Crippen LogP contribution >= 0.6 is 0 Å². The predicted molar refractivity (Wildman–Crippen MR) is 108 cm³/mol. The van der Waals surface area contributed by atoms with Gasteiger partial charge in [0.1, 0.15) is 17.4 Å². The summed E-state index contributed by atoms with van der Waals surface area (Å²) >= 11 is 0. The van der Waals surface area contributed by atoms with Gasteiger partial charge in [-0.05, 0) is 69.5 Å². The molecule has 3 rings (SSSR count). The minimum absolute atomic E-state index is 0.00173. The zero-order chi connectivity index (χ0) is 20.4. The van der Waals surface area contributed by atoms with E-state index in [0.29, 0.717) is 5.76 Å². The van der Waals surface area contributed by atoms with Crippen molar-refractivity contribution in [1.82, 2.24) is 9.72 Å². The van der Waals surface area contributed by atoms with Crippen LogP contribution in [-0.4, -0.2) is 15.6 Å². The smallest absolute Gasteiger partial charge is 0.267 e. The molecule has 0 aliphatic carbocycles. The molecule has 0 saturated heterocycles. The lowest BCUT2D eigenvalue weighted by atomic mass is 10.1. The van der Waals surface area contributed by atoms with E-state index in [0.717, 1.165) is 28.2 Å². The fourth-order valence-corrected chi connectivity index (χ4v) is 3.18. The Bertz CT molecular complexity index is 1130. The van der Waals surface area contributed by atoms with Gasteiger partial charge in [-0.25, -0.2) is 0 Å². The van der Waals surface area contributed by atoms with Crippen LogP contribution in [0.2, 0.25) is 0 Å². The average molecular weight is 374 g/mol. The summed E-state index contributed by atoms with van der Waals surface area (Å²) in [5.41, 5.74) is 6.23. The van der Waals surface area contributed by atoms with Crippen molar-refractivity contribution in [2.24, 2.45) is 0 Å². The number of anilines is 1. The Labute approximate surface area is 164 Å². The third-order valence-corrected chi connectivity index (χ3v) is 4.61. The number of hydrogen-bond donors (Lipinski definition) is 1. The van der Waals surface area contributed by atoms with Gasteiger partial charge in [-0.1, -0.05) is 17.3 Å². The van der Waals surface area contributed by atoms with Gasteiger partial charge in [-0.3, -0.25) is 4.79 Å². The molecule has 0 bridgehead atoms. The van der Waals surface area contributed by atoms with Crippen LogP contribution in [0.5, 0.6) is 0 Å². The van der Waals surface area contributed by atoms with Gasteiger partial charge in [0, 0.05) is 23.1 Å². The maximum atomic E-state index is 12.4. The van der Waals surface area contributed by atoms with Crippen LogP contribution in [0.4, 0.5) is 5.82 Å². The second-order valence-corrected chi connectivity index (χ2v) is 6.90. The van der Waals surface area contributed by atoms with Crippen molar-refractivity contribution in [3.63, 3.8) is 0 Å². The summed E-state index contributed by atoms with van der Waals surface area (Å²) in [5.74, 6) is 0.340. The summed E-state index contributed by atoms with van der Waals surface area (Å²) in [6.07, 6.45) is 1.60. The first kappa shape index (κ1) is 19.2. The van der Waals surface area contributed by atoms with Gasteiger partial charge < -0.3 is 14.4 Å². The van der Waals surface area contributed by atoms with Gasteiger partial charge >= 0.3 is 0 Å². The van der Waals surface area contributed by atoms with Gasteiger partial charge in [0.05, 0.1) is 0 Å². The van der Waals surface area contributed by atoms with Crippen molar-refractivity contribution in [1.29, 1.82) is 5.26 Å². The van der Waals surface area contributed by atoms with Crippen LogP contribution < -0.4 is 5.32 Å². The van der Waals surface area contributed by atoms with Crippen molar-refractivity contribution in [2.75, 3.05) is 5.32 Å². The number of nitriles is 1. The Morgan fingerprint density at radius 1 is 1.18 bits per heavy atom. The zero-order valence-electron chi connectivity index (χ0n) is 16.6. The van der Waals surface area contributed by atoms with Crippen molar-refractivity contribution in [2.45, 2.75) is 34.6 Å². The highest BCUT2D eigenvalue weighted by Crippen LogP contribution is 2.26. The van der Waals surface area contributed by atoms with E-state index in [9.17, 15) is 10.1 Å². The zero-order valence-corrected chi connectivity index (χ0v) is 16.6. The Morgan fingerprint density at radius 3 is 2.57 bits per heavy atom. The molecule has 1 N–H and O–H groups in total. The standard InChI is InChI=1S/C22H22N4O2/c1-13-6-7-14(2)20(8-13)26-15(3)9-18(17(26)5)11-19(12-23)22(27)24-21-10-16(4)28-25-21/h6-11H,1-5H3,(H,24,25,27). The van der Waals surface area contributed by atoms with Gasteiger partial charge in [-0.2, -0.15) is 5.26 Å². The molecule has 0 unspecified atom stereocenters. The first-order chi connectivity index (χ1) is 13.3. The molecule has 2 aromatic heterocycles. The topological polar surface area (TPSA) is 83.9 Å². The predicted octanol–water partition coefficient (Wildman–Crippen LogP) is 4.55. The van der Waals surface area contributed by atoms with E-state index < -0.39 is 5.91 Å². The second-order valence-electron chi connectivity index (χ2n) is 6.90. The largest absolute Gasteiger partial charge is 0.360 e. The molecule has 142 valence electrons. The van der Waals surface area contributed by atoms with Crippen molar-refractivity contribution < 1.29 is 9.32 Å². The number of carbonyl (C=O) groups is 1. The monoisotopic (exact) mass is 374 g/mol. The van der Waals surface area contributed by atoms with E-state index in [1.807, 2.05) is 26.0 Å². The molecule has 1 amide bonds. The SMILES string of the molecule is Cc1ccc(C)c(-n2c(C)cc(C=C(C#N)C(=O)Nc3cc(C)on3)c2C)c1. The lowest BCUT2D eigenvalue weighted by Gasteiger charge is -2.13. The van der Waals surface area contributed by atoms with E-state index in [1.165, 1.54) is 5.56 Å². The molecule has 0 saturated carbocycles. The number of rotatable bonds is 4. The average Bonchev–Trinajstić information content (AvgIpc) is 3.17. The van der Waals surface area contributed by atoms with Crippen LogP contribution in [0.15, 0.2) is 40.4 Å². The van der Waals surface area contributed by atoms with Gasteiger partial charge in [-0.15, -0.1) is 0 Å². The number of nitrogens with zero attached hydrogens (tertiary/aromatic N) is 3. The second kappa shape index (κ2) is 7.57. The summed E-state index contributed by atoms with van der Waals surface area (Å²) in [7, 11) is 0. The normalized spacial score (nSPS) is 11.4. The van der Waals surface area contributed by atoms with Gasteiger partial charge in [0.15, 0.2) is 5.82 Å². The molecule has 2 heterocycles. The van der Waals surface area contributed by atoms with E-state index in [4.69, 9.17) is 4.52 Å². The number of aromatic nitrogens is 2. The first-order valence-corrected chi connectivity index (χ1v) is 8.93. The fraction of sp³-hybridized carbons (Fsp3) is 0.227. The van der Waals surface area contributed by atoms with Crippen LogP contribution in [-0.2, 0) is 4.79 Å². The van der Waals surface area contributed by atoms with Crippen molar-refractivity contribution in [3.05, 3.63) is 69.7 Å². The Balaban J connectivity index is 1.98. The van der Waals surface area contributed by atoms with E-state index >= 15 is 0 Å². The lowest BCUT2D eigenvalue weighted by Crippen LogP contribution is -2.13. The molecular weight excluding hydrogens is 352 g/mol. The number of aryl methyl sites for hydroxylation is 4. The molecule has 0 fully saturated rings. The van der Waals surface area contributed by atoms with Crippen molar-refractivity contribution >= 4 is 17.8 Å². The Kier molecular flexibility index (Phi) is 5.18. The molecule has 0 aliphatic rings. The van der Waals surface area contributed by atoms with Crippen molar-refractivity contribution in [3.8, 4) is 11.8 Å². The maximum absolute atomic E-state index is 12.4. The fourth-order valence-electron chi connectivity index (χ4n) is 3.18. The summed E-state index contributed by atoms with van der Waals surface area (Å²) in [4.78, 5) is 12.4. The molecule has 0 radical (unpaired) electrons. The molecule has 6 nitrogen and oxygen atoms in total. The van der Waals surface area contributed by atoms with Crippen LogP contribution in [0, 0.1) is 45.9 Å². The third-order valence-electron chi connectivity index (χ3n) is 4.61. The number of amides is 1. The summed E-state index contributed by atoms with van der Waals surface area (Å²) in [5, 5.41) is 15.8. The maximum Gasteiger partial charge on any atom is 0.267 e. The summed E-state index contributed by atoms with van der Waals surface area (Å²) in [6, 6.07) is 11.8. The molecule has 0 spiro atoms. The molecule has 0 aliphatic heterocycles. The minimum Gasteiger partial charge on any atom is -0.360 e. The van der Waals surface area contributed by atoms with Crippen LogP contribution in [0.25, 0.3) is 11.8 Å². The Morgan fingerprint density at radius 2 is 1.93 bits per heavy atom. The highest BCUT2D eigenvalue weighted by molar-refractivity contribution is 6.09. The quantitative estimate of drug-likeness (QED) is 0.536. The van der Waals surface area contributed by atoms with E-state index in [-0.39, 0.29) is 11.4 Å². The van der Waals surface area contributed by atoms with Crippen LogP contribution in [0.1, 0.15) is 33.8 Å². The molecule has 28 heavy (non-hydrogen) atoms. The summed E-state index contributed by atoms with van der Waals surface area (Å²) < 4.78 is 7.08. The highest BCUT2D eigenvalue weighted by atomic mass is 16.5. The molecule has 0 atom stereocenters. The number of nitrogens with one attached hydrogen (secondary N) is 1. The van der Waals surface area contributed by atoms with E-state index in [2.05, 4.69) is 47.1 Å². The Hall–Kier alpha value is -3.59. The molecular formula is C22H22N4O2. The van der Waals surface area contributed by atoms with Gasteiger partial charge in [0.25, 0.3) is 5.91 Å². The first-order valence-electron chi connectivity index (χ1n) is 8.93. The number of benzene rings is 1. The third kappa shape index (κ3) is 3.74. The molecule has 6 heteroatoms. The molecule has 1 aromatic carbocycles.